The summed E-state index contributed by atoms with van der Waals surface area (Å²) < 4.78 is 52.4. The van der Waals surface area contributed by atoms with Crippen molar-refractivity contribution in [1.29, 1.82) is 0 Å². The minimum atomic E-state index is -4.08. The zero-order valence-electron chi connectivity index (χ0n) is 22.7. The molecule has 11 nitrogen and oxygen atoms in total. The van der Waals surface area contributed by atoms with Crippen molar-refractivity contribution in [3.05, 3.63) is 59.3 Å². The predicted octanol–water partition coefficient (Wildman–Crippen LogP) is 4.35. The SMILES string of the molecule is CC#CC(=O)NCc1ccc(Oc2cc3onc(NS(=O)(=O)c4cc(CC)ccc4OC)c3c3c2CCCO3)nc1. The molecule has 1 aliphatic rings. The minimum absolute atomic E-state index is 0.00220. The number of anilines is 1. The van der Waals surface area contributed by atoms with Gasteiger partial charge in [0.1, 0.15) is 27.5 Å². The molecule has 212 valence electrons. The number of nitrogens with zero attached hydrogens (tertiary/aromatic N) is 2. The second kappa shape index (κ2) is 11.8. The van der Waals surface area contributed by atoms with Gasteiger partial charge in [-0.05, 0) is 55.4 Å². The zero-order chi connectivity index (χ0) is 29.0. The van der Waals surface area contributed by atoms with E-state index in [1.807, 2.05) is 13.0 Å². The van der Waals surface area contributed by atoms with Crippen LogP contribution in [0.1, 0.15) is 37.0 Å². The summed E-state index contributed by atoms with van der Waals surface area (Å²) in [5.74, 6) is 6.04. The summed E-state index contributed by atoms with van der Waals surface area (Å²) in [6.45, 7) is 4.25. The Morgan fingerprint density at radius 2 is 1.98 bits per heavy atom. The lowest BCUT2D eigenvalue weighted by Crippen LogP contribution is -2.20. The lowest BCUT2D eigenvalue weighted by atomic mass is 10.0. The summed E-state index contributed by atoms with van der Waals surface area (Å²) in [7, 11) is -2.66. The normalized spacial score (nSPS) is 12.5. The summed E-state index contributed by atoms with van der Waals surface area (Å²) in [6, 6.07) is 10.1. The molecular weight excluding hydrogens is 548 g/mol. The van der Waals surface area contributed by atoms with Crippen LogP contribution in [0, 0.1) is 11.8 Å². The molecule has 0 aliphatic carbocycles. The summed E-state index contributed by atoms with van der Waals surface area (Å²) in [4.78, 5) is 15.9. The average molecular weight is 577 g/mol. The van der Waals surface area contributed by atoms with Crippen molar-refractivity contribution in [3.63, 3.8) is 0 Å². The number of benzene rings is 2. The van der Waals surface area contributed by atoms with Crippen LogP contribution in [0.4, 0.5) is 5.82 Å². The van der Waals surface area contributed by atoms with Crippen molar-refractivity contribution in [1.82, 2.24) is 15.5 Å². The molecule has 3 heterocycles. The van der Waals surface area contributed by atoms with Gasteiger partial charge in [-0.2, -0.15) is 0 Å². The van der Waals surface area contributed by atoms with Gasteiger partial charge in [0, 0.05) is 30.4 Å². The van der Waals surface area contributed by atoms with Crippen LogP contribution in [0.2, 0.25) is 0 Å². The van der Waals surface area contributed by atoms with Crippen molar-refractivity contribution in [2.45, 2.75) is 44.6 Å². The molecule has 0 saturated carbocycles. The molecule has 5 rings (SSSR count). The summed E-state index contributed by atoms with van der Waals surface area (Å²) in [5.41, 5.74) is 2.65. The molecule has 0 radical (unpaired) electrons. The van der Waals surface area contributed by atoms with Crippen molar-refractivity contribution < 1.29 is 31.9 Å². The minimum Gasteiger partial charge on any atom is -0.495 e. The van der Waals surface area contributed by atoms with Gasteiger partial charge < -0.3 is 24.1 Å². The molecule has 1 amide bonds. The Labute approximate surface area is 237 Å². The standard InChI is InChI=1S/C29H28N4O7S/c1-4-7-25(34)30-16-19-10-12-26(31-17-19)39-22-15-23-27(28-20(22)8-6-13-38-28)29(32-40-23)33-41(35,36)24-14-18(5-2)9-11-21(24)37-3/h9-12,14-15,17H,5-6,8,13,16H2,1-3H3,(H,30,34)(H,32,33). The van der Waals surface area contributed by atoms with E-state index < -0.39 is 10.0 Å². The van der Waals surface area contributed by atoms with Crippen LogP contribution in [-0.2, 0) is 34.2 Å². The summed E-state index contributed by atoms with van der Waals surface area (Å²) >= 11 is 0. The molecule has 0 fully saturated rings. The van der Waals surface area contributed by atoms with Crippen molar-refractivity contribution in [2.24, 2.45) is 0 Å². The fraction of sp³-hybridized carbons (Fsp3) is 0.276. The van der Waals surface area contributed by atoms with Crippen LogP contribution in [0.3, 0.4) is 0 Å². The van der Waals surface area contributed by atoms with Gasteiger partial charge in [-0.3, -0.25) is 9.52 Å². The number of amides is 1. The second-order valence-electron chi connectivity index (χ2n) is 9.15. The zero-order valence-corrected chi connectivity index (χ0v) is 23.6. The van der Waals surface area contributed by atoms with Crippen LogP contribution in [-0.4, -0.2) is 38.2 Å². The maximum Gasteiger partial charge on any atom is 0.296 e. The number of hydrogen-bond donors (Lipinski definition) is 2. The van der Waals surface area contributed by atoms with Crippen molar-refractivity contribution in [2.75, 3.05) is 18.4 Å². The fourth-order valence-corrected chi connectivity index (χ4v) is 5.66. The Kier molecular flexibility index (Phi) is 7.98. The van der Waals surface area contributed by atoms with Crippen LogP contribution < -0.4 is 24.2 Å². The molecule has 2 aromatic carbocycles. The number of methoxy groups -OCH3 is 1. The molecular formula is C29H28N4O7S. The van der Waals surface area contributed by atoms with Gasteiger partial charge >= 0.3 is 0 Å². The van der Waals surface area contributed by atoms with E-state index in [1.165, 1.54) is 7.11 Å². The fourth-order valence-electron chi connectivity index (χ4n) is 4.43. The maximum absolute atomic E-state index is 13.4. The highest BCUT2D eigenvalue weighted by molar-refractivity contribution is 7.92. The number of sulfonamides is 1. The number of carbonyl (C=O) groups is 1. The lowest BCUT2D eigenvalue weighted by Gasteiger charge is -2.21. The Morgan fingerprint density at radius 3 is 2.71 bits per heavy atom. The van der Waals surface area contributed by atoms with Gasteiger partial charge in [0.2, 0.25) is 5.88 Å². The Morgan fingerprint density at radius 1 is 1.15 bits per heavy atom. The van der Waals surface area contributed by atoms with Gasteiger partial charge in [0.15, 0.2) is 11.4 Å². The molecule has 12 heteroatoms. The number of pyridine rings is 1. The van der Waals surface area contributed by atoms with Gasteiger partial charge in [0.25, 0.3) is 15.9 Å². The third-order valence-electron chi connectivity index (χ3n) is 6.46. The monoisotopic (exact) mass is 576 g/mol. The highest BCUT2D eigenvalue weighted by Crippen LogP contribution is 2.45. The molecule has 0 bridgehead atoms. The van der Waals surface area contributed by atoms with E-state index in [1.54, 1.807) is 43.5 Å². The van der Waals surface area contributed by atoms with Gasteiger partial charge in [0.05, 0.1) is 13.7 Å². The number of aromatic nitrogens is 2. The number of fused-ring (bicyclic) bond motifs is 3. The van der Waals surface area contributed by atoms with Crippen LogP contribution in [0.15, 0.2) is 52.0 Å². The maximum atomic E-state index is 13.4. The average Bonchev–Trinajstić information content (AvgIpc) is 3.38. The highest BCUT2D eigenvalue weighted by atomic mass is 32.2. The number of aryl methyl sites for hydroxylation is 1. The van der Waals surface area contributed by atoms with Gasteiger partial charge in [-0.15, -0.1) is 0 Å². The Bertz CT molecular complexity index is 1770. The number of hydrogen-bond acceptors (Lipinski definition) is 9. The van der Waals surface area contributed by atoms with E-state index in [0.717, 1.165) is 23.1 Å². The molecule has 2 aromatic heterocycles. The van der Waals surface area contributed by atoms with Crippen LogP contribution in [0.5, 0.6) is 23.1 Å². The first kappa shape index (κ1) is 27.8. The lowest BCUT2D eigenvalue weighted by molar-refractivity contribution is -0.115. The number of carbonyl (C=O) groups excluding carboxylic acids is 1. The number of rotatable bonds is 9. The van der Waals surface area contributed by atoms with E-state index in [2.05, 4.69) is 32.0 Å². The van der Waals surface area contributed by atoms with Gasteiger partial charge in [-0.25, -0.2) is 13.4 Å². The topological polar surface area (TPSA) is 142 Å². The van der Waals surface area contributed by atoms with Crippen LogP contribution >= 0.6 is 0 Å². The van der Waals surface area contributed by atoms with E-state index in [-0.39, 0.29) is 34.5 Å². The third-order valence-corrected chi connectivity index (χ3v) is 7.82. The first-order chi connectivity index (χ1) is 19.8. The quantitative estimate of drug-likeness (QED) is 0.278. The van der Waals surface area contributed by atoms with E-state index in [4.69, 9.17) is 18.7 Å². The molecule has 4 aromatic rings. The summed E-state index contributed by atoms with van der Waals surface area (Å²) in [6.07, 6.45) is 3.63. The van der Waals surface area contributed by atoms with Crippen LogP contribution in [0.25, 0.3) is 11.0 Å². The first-order valence-electron chi connectivity index (χ1n) is 12.9. The van der Waals surface area contributed by atoms with E-state index >= 15 is 0 Å². The van der Waals surface area contributed by atoms with E-state index in [0.29, 0.717) is 42.2 Å². The van der Waals surface area contributed by atoms with Crippen molar-refractivity contribution in [3.8, 4) is 35.0 Å². The molecule has 0 spiro atoms. The highest BCUT2D eigenvalue weighted by Gasteiger charge is 2.29. The molecule has 0 unspecified atom stereocenters. The second-order valence-corrected chi connectivity index (χ2v) is 10.8. The molecule has 0 atom stereocenters. The van der Waals surface area contributed by atoms with E-state index in [9.17, 15) is 13.2 Å². The summed E-state index contributed by atoms with van der Waals surface area (Å²) in [5, 5.41) is 7.10. The van der Waals surface area contributed by atoms with Gasteiger partial charge in [-0.1, -0.05) is 30.1 Å². The molecule has 0 saturated heterocycles. The molecule has 1 aliphatic heterocycles. The first-order valence-corrected chi connectivity index (χ1v) is 14.4. The van der Waals surface area contributed by atoms with Crippen molar-refractivity contribution >= 4 is 32.7 Å². The predicted molar refractivity (Wildman–Crippen MR) is 151 cm³/mol. The smallest absolute Gasteiger partial charge is 0.296 e. The molecule has 2 N–H and O–H groups in total. The largest absolute Gasteiger partial charge is 0.495 e. The number of nitrogens with one attached hydrogen (secondary N) is 2. The molecule has 41 heavy (non-hydrogen) atoms. The Balaban J connectivity index is 1.44. The number of ether oxygens (including phenoxy) is 3. The Hall–Kier alpha value is -4.76. The third kappa shape index (κ3) is 5.90.